The molecular weight excluding hydrogens is 481 g/mol. The molecule has 28 heavy (non-hydrogen) atoms. The first kappa shape index (κ1) is 19.2. The van der Waals surface area contributed by atoms with Crippen molar-refractivity contribution in [2.45, 2.75) is 12.2 Å². The minimum Gasteiger partial charge on any atom is -0.320 e. The summed E-state index contributed by atoms with van der Waals surface area (Å²) in [6.45, 7) is 0. The number of alkyl halides is 3. The Bertz CT molecular complexity index is 1090. The number of allylic oxidation sites excluding steroid dienone is 2. The summed E-state index contributed by atoms with van der Waals surface area (Å²) in [7, 11) is 0. The van der Waals surface area contributed by atoms with E-state index in [0.717, 1.165) is 22.1 Å². The molecule has 0 radical (unpaired) electrons. The zero-order valence-electron chi connectivity index (χ0n) is 13.7. The molecule has 0 bridgehead atoms. The Labute approximate surface area is 174 Å². The minimum absolute atomic E-state index is 0.0963. The number of carbonyl (C=O) groups is 1. The predicted molar refractivity (Wildman–Crippen MR) is 103 cm³/mol. The van der Waals surface area contributed by atoms with Gasteiger partial charge in [0.15, 0.2) is 0 Å². The molecule has 11 heteroatoms. The van der Waals surface area contributed by atoms with Crippen molar-refractivity contribution in [2.24, 2.45) is 0 Å². The third kappa shape index (κ3) is 3.36. The lowest BCUT2D eigenvalue weighted by atomic mass is 9.91. The highest BCUT2D eigenvalue weighted by molar-refractivity contribution is 9.10. The van der Waals surface area contributed by atoms with Crippen LogP contribution >= 0.6 is 38.9 Å². The van der Waals surface area contributed by atoms with E-state index in [1.807, 2.05) is 0 Å². The lowest BCUT2D eigenvalue weighted by molar-refractivity contribution is -0.0918. The van der Waals surface area contributed by atoms with Crippen LogP contribution in [-0.2, 0) is 0 Å². The first-order valence-electron chi connectivity index (χ1n) is 7.79. The van der Waals surface area contributed by atoms with Crippen molar-refractivity contribution in [3.8, 4) is 0 Å². The van der Waals surface area contributed by atoms with Crippen molar-refractivity contribution >= 4 is 50.6 Å². The average Bonchev–Trinajstić information content (AvgIpc) is 3.28. The Balaban J connectivity index is 1.97. The van der Waals surface area contributed by atoms with Gasteiger partial charge in [0.2, 0.25) is 11.7 Å². The van der Waals surface area contributed by atoms with E-state index in [1.54, 1.807) is 24.3 Å². The van der Waals surface area contributed by atoms with Gasteiger partial charge in [-0.05, 0) is 29.8 Å². The highest BCUT2D eigenvalue weighted by Crippen LogP contribution is 2.42. The smallest absolute Gasteiger partial charge is 0.320 e. The summed E-state index contributed by atoms with van der Waals surface area (Å²) in [6, 6.07) is 8.42. The van der Waals surface area contributed by atoms with E-state index in [0.29, 0.717) is 9.90 Å². The summed E-state index contributed by atoms with van der Waals surface area (Å²) in [5.41, 5.74) is -1.16. The third-order valence-corrected chi connectivity index (χ3v) is 5.87. The van der Waals surface area contributed by atoms with E-state index in [-0.39, 0.29) is 10.8 Å². The third-order valence-electron chi connectivity index (χ3n) is 4.11. The van der Waals surface area contributed by atoms with Gasteiger partial charge in [-0.15, -0.1) is 11.3 Å². The quantitative estimate of drug-likeness (QED) is 0.496. The molecule has 3 heterocycles. The predicted octanol–water partition coefficient (Wildman–Crippen LogP) is 5.47. The second-order valence-corrected chi connectivity index (χ2v) is 8.46. The minimum atomic E-state index is -4.79. The highest BCUT2D eigenvalue weighted by Gasteiger charge is 2.46. The van der Waals surface area contributed by atoms with Crippen LogP contribution in [0.5, 0.6) is 0 Å². The van der Waals surface area contributed by atoms with Crippen LogP contribution in [-0.4, -0.2) is 26.7 Å². The van der Waals surface area contributed by atoms with E-state index in [4.69, 9.17) is 11.6 Å². The van der Waals surface area contributed by atoms with Gasteiger partial charge in [-0.25, -0.2) is 4.68 Å². The largest absolute Gasteiger partial charge is 0.431 e. The number of fused-ring (bicyclic) bond motifs is 1. The molecule has 1 aromatic carbocycles. The van der Waals surface area contributed by atoms with E-state index >= 15 is 0 Å². The fraction of sp³-hybridized carbons (Fsp3) is 0.118. The molecule has 4 rings (SSSR count). The van der Waals surface area contributed by atoms with Crippen LogP contribution in [0.1, 0.15) is 21.3 Å². The van der Waals surface area contributed by atoms with E-state index in [1.165, 1.54) is 16.8 Å². The molecule has 2 aromatic heterocycles. The van der Waals surface area contributed by atoms with Gasteiger partial charge < -0.3 is 5.32 Å². The van der Waals surface area contributed by atoms with Crippen molar-refractivity contribution in [3.63, 3.8) is 0 Å². The average molecular weight is 490 g/mol. The van der Waals surface area contributed by atoms with Gasteiger partial charge in [0.25, 0.3) is 0 Å². The second-order valence-electron chi connectivity index (χ2n) is 5.83. The number of halogens is 5. The molecule has 1 unspecified atom stereocenters. The molecule has 0 fully saturated rings. The highest BCUT2D eigenvalue weighted by atomic mass is 79.9. The maximum Gasteiger partial charge on any atom is 0.431 e. The van der Waals surface area contributed by atoms with E-state index in [9.17, 15) is 18.0 Å². The normalized spacial score (nSPS) is 16.7. The van der Waals surface area contributed by atoms with Gasteiger partial charge in [-0.1, -0.05) is 39.7 Å². The van der Waals surface area contributed by atoms with Crippen LogP contribution in [0.4, 0.5) is 19.1 Å². The molecule has 3 aromatic rings. The Morgan fingerprint density at radius 2 is 1.93 bits per heavy atom. The number of anilines is 1. The Hall–Kier alpha value is -2.17. The van der Waals surface area contributed by atoms with Crippen LogP contribution in [0.3, 0.4) is 0 Å². The summed E-state index contributed by atoms with van der Waals surface area (Å²) in [5, 5.41) is 6.26. The molecule has 5 nitrogen and oxygen atoms in total. The SMILES string of the molecule is O=C(C1=C(C(F)(F)F)Nc2ncnn2C1c1ccc(Br)cc1)c1ccc(Cl)s1. The van der Waals surface area contributed by atoms with Crippen LogP contribution < -0.4 is 5.32 Å². The maximum atomic E-state index is 13.9. The number of rotatable bonds is 3. The molecule has 0 aliphatic carbocycles. The standard InChI is InChI=1S/C17H9BrClF3N4OS/c18-9-3-1-8(2-4-9)13-12(14(27)10-5-6-11(19)28-10)15(17(20,21)22)25-16-23-7-24-26(13)16/h1-7,13H,(H,23,24,25). The number of carbonyl (C=O) groups excluding carboxylic acids is 1. The number of nitrogens with one attached hydrogen (secondary N) is 1. The zero-order chi connectivity index (χ0) is 20.1. The van der Waals surface area contributed by atoms with Crippen molar-refractivity contribution in [3.05, 3.63) is 73.2 Å². The number of hydrogen-bond acceptors (Lipinski definition) is 5. The summed E-state index contributed by atoms with van der Waals surface area (Å²) in [6.07, 6.45) is -3.66. The van der Waals surface area contributed by atoms with Crippen LogP contribution in [0.15, 0.2) is 58.5 Å². The Morgan fingerprint density at radius 3 is 2.54 bits per heavy atom. The summed E-state index contributed by atoms with van der Waals surface area (Å²) in [5.74, 6) is -0.869. The van der Waals surface area contributed by atoms with Gasteiger partial charge in [0, 0.05) is 4.47 Å². The number of ketones is 1. The molecule has 1 N–H and O–H groups in total. The second kappa shape index (κ2) is 7.02. The molecule has 0 spiro atoms. The molecule has 1 atom stereocenters. The number of Topliss-reactive ketones (excluding diaryl/α,β-unsaturated/α-hetero) is 1. The number of nitrogens with zero attached hydrogens (tertiary/aromatic N) is 3. The maximum absolute atomic E-state index is 13.9. The van der Waals surface area contributed by atoms with Crippen molar-refractivity contribution in [2.75, 3.05) is 5.32 Å². The number of thiophene rings is 1. The number of aromatic nitrogens is 3. The van der Waals surface area contributed by atoms with Crippen LogP contribution in [0, 0.1) is 0 Å². The lowest BCUT2D eigenvalue weighted by Crippen LogP contribution is -2.35. The molecular formula is C17H9BrClF3N4OS. The van der Waals surface area contributed by atoms with Gasteiger partial charge in [0.1, 0.15) is 18.1 Å². The molecule has 1 aliphatic heterocycles. The van der Waals surface area contributed by atoms with Crippen LogP contribution in [0.25, 0.3) is 0 Å². The summed E-state index contributed by atoms with van der Waals surface area (Å²) < 4.78 is 43.9. The van der Waals surface area contributed by atoms with Crippen molar-refractivity contribution in [1.29, 1.82) is 0 Å². The topological polar surface area (TPSA) is 59.8 Å². The first-order valence-corrected chi connectivity index (χ1v) is 9.78. The Morgan fingerprint density at radius 1 is 1.21 bits per heavy atom. The van der Waals surface area contributed by atoms with Gasteiger partial charge in [0.05, 0.1) is 14.8 Å². The van der Waals surface area contributed by atoms with E-state index in [2.05, 4.69) is 31.3 Å². The molecule has 0 saturated heterocycles. The van der Waals surface area contributed by atoms with Crippen LogP contribution in [0.2, 0.25) is 4.34 Å². The monoisotopic (exact) mass is 488 g/mol. The van der Waals surface area contributed by atoms with Crippen molar-refractivity contribution in [1.82, 2.24) is 14.8 Å². The Kier molecular flexibility index (Phi) is 4.80. The zero-order valence-corrected chi connectivity index (χ0v) is 16.8. The fourth-order valence-corrected chi connectivity index (χ4v) is 4.21. The van der Waals surface area contributed by atoms with Crippen molar-refractivity contribution < 1.29 is 18.0 Å². The van der Waals surface area contributed by atoms with Gasteiger partial charge in [-0.3, -0.25) is 4.79 Å². The molecule has 0 saturated carbocycles. The first-order chi connectivity index (χ1) is 13.3. The number of benzene rings is 1. The molecule has 1 aliphatic rings. The van der Waals surface area contributed by atoms with Gasteiger partial charge >= 0.3 is 6.18 Å². The molecule has 0 amide bonds. The fourth-order valence-electron chi connectivity index (χ4n) is 2.95. The van der Waals surface area contributed by atoms with Gasteiger partial charge in [-0.2, -0.15) is 23.3 Å². The summed E-state index contributed by atoms with van der Waals surface area (Å²) in [4.78, 5) is 17.1. The number of hydrogen-bond donors (Lipinski definition) is 1. The van der Waals surface area contributed by atoms with E-state index < -0.39 is 29.3 Å². The summed E-state index contributed by atoms with van der Waals surface area (Å²) >= 11 is 10.1. The lowest BCUT2D eigenvalue weighted by Gasteiger charge is -2.30. The molecule has 144 valence electrons.